The zero-order chi connectivity index (χ0) is 14.7. The molecule has 2 nitrogen and oxygen atoms in total. The fourth-order valence-electron chi connectivity index (χ4n) is 2.18. The topological polar surface area (TPSA) is 21.3 Å². The molecule has 0 radical (unpaired) electrons. The molecule has 0 saturated heterocycles. The lowest BCUT2D eigenvalue weighted by Crippen LogP contribution is -2.18. The van der Waals surface area contributed by atoms with Crippen LogP contribution in [0.5, 0.6) is 5.75 Å². The molecule has 0 aromatic heterocycles. The van der Waals surface area contributed by atoms with Crippen molar-refractivity contribution in [1.82, 2.24) is 5.32 Å². The Hall–Kier alpha value is -1.58. The second kappa shape index (κ2) is 6.25. The smallest absolute Gasteiger partial charge is 0.165 e. The molecule has 0 heterocycles. The van der Waals surface area contributed by atoms with Crippen molar-refractivity contribution in [3.8, 4) is 5.75 Å². The molecule has 1 atom stereocenters. The van der Waals surface area contributed by atoms with Crippen molar-refractivity contribution < 1.29 is 9.13 Å². The highest BCUT2D eigenvalue weighted by Crippen LogP contribution is 2.28. The Morgan fingerprint density at radius 3 is 2.35 bits per heavy atom. The maximum atomic E-state index is 13.8. The van der Waals surface area contributed by atoms with E-state index < -0.39 is 0 Å². The number of hydrogen-bond acceptors (Lipinski definition) is 2. The zero-order valence-electron chi connectivity index (χ0n) is 11.7. The Morgan fingerprint density at radius 2 is 1.80 bits per heavy atom. The second-order valence-corrected chi connectivity index (χ2v) is 5.03. The molecule has 1 unspecified atom stereocenters. The average Bonchev–Trinajstić information content (AvgIpc) is 2.44. The number of nitrogens with one attached hydrogen (secondary N) is 1. The third kappa shape index (κ3) is 2.94. The molecule has 0 saturated carbocycles. The van der Waals surface area contributed by atoms with Gasteiger partial charge in [-0.3, -0.25) is 0 Å². The van der Waals surface area contributed by atoms with E-state index >= 15 is 0 Å². The summed E-state index contributed by atoms with van der Waals surface area (Å²) in [5.74, 6) is -0.131. The largest absolute Gasteiger partial charge is 0.494 e. The van der Waals surface area contributed by atoms with Gasteiger partial charge in [0.25, 0.3) is 0 Å². The third-order valence-corrected chi connectivity index (χ3v) is 3.73. The minimum absolute atomic E-state index is 0.117. The van der Waals surface area contributed by atoms with E-state index in [1.165, 1.54) is 13.2 Å². The molecule has 106 valence electrons. The van der Waals surface area contributed by atoms with Gasteiger partial charge in [0.05, 0.1) is 13.2 Å². The van der Waals surface area contributed by atoms with Gasteiger partial charge in [0.2, 0.25) is 0 Å². The molecule has 2 aromatic carbocycles. The monoisotopic (exact) mass is 293 g/mol. The van der Waals surface area contributed by atoms with Gasteiger partial charge in [-0.1, -0.05) is 29.8 Å². The van der Waals surface area contributed by atoms with Crippen molar-refractivity contribution in [3.63, 3.8) is 0 Å². The predicted molar refractivity (Wildman–Crippen MR) is 80.0 cm³/mol. The van der Waals surface area contributed by atoms with Crippen LogP contribution >= 0.6 is 11.6 Å². The first-order valence-corrected chi connectivity index (χ1v) is 6.71. The lowest BCUT2D eigenvalue weighted by Gasteiger charge is -2.18. The molecule has 0 aliphatic carbocycles. The molecule has 4 heteroatoms. The first kappa shape index (κ1) is 14.8. The van der Waals surface area contributed by atoms with E-state index in [-0.39, 0.29) is 17.6 Å². The molecule has 2 aromatic rings. The van der Waals surface area contributed by atoms with Crippen LogP contribution in [0.4, 0.5) is 4.39 Å². The fraction of sp³-hybridized carbons (Fsp3) is 0.250. The number of benzene rings is 2. The van der Waals surface area contributed by atoms with E-state index in [0.29, 0.717) is 5.02 Å². The molecule has 0 bridgehead atoms. The van der Waals surface area contributed by atoms with Crippen LogP contribution in [0.15, 0.2) is 36.4 Å². The van der Waals surface area contributed by atoms with Gasteiger partial charge in [0.1, 0.15) is 0 Å². The summed E-state index contributed by atoms with van der Waals surface area (Å²) >= 11 is 6.16. The Morgan fingerprint density at radius 1 is 1.15 bits per heavy atom. The Labute approximate surface area is 123 Å². The van der Waals surface area contributed by atoms with Gasteiger partial charge in [-0.25, -0.2) is 4.39 Å². The molecule has 0 aliphatic heterocycles. The maximum absolute atomic E-state index is 13.8. The van der Waals surface area contributed by atoms with Crippen molar-refractivity contribution in [2.75, 3.05) is 14.2 Å². The lowest BCUT2D eigenvalue weighted by atomic mass is 9.97. The number of halogens is 2. The van der Waals surface area contributed by atoms with E-state index in [4.69, 9.17) is 16.3 Å². The highest BCUT2D eigenvalue weighted by molar-refractivity contribution is 6.31. The van der Waals surface area contributed by atoms with Crippen LogP contribution in [-0.4, -0.2) is 14.2 Å². The van der Waals surface area contributed by atoms with E-state index in [0.717, 1.165) is 16.7 Å². The number of methoxy groups -OCH3 is 1. The van der Waals surface area contributed by atoms with Gasteiger partial charge in [-0.15, -0.1) is 0 Å². The standard InChI is InChI=1S/C16H17ClFNO/c1-10-4-5-11(8-13(10)17)16(19-2)12-6-7-15(20-3)14(18)9-12/h4-9,16,19H,1-3H3. The Bertz CT molecular complexity index is 615. The summed E-state index contributed by atoms with van der Waals surface area (Å²) in [6, 6.07) is 10.7. The Balaban J connectivity index is 2.41. The highest BCUT2D eigenvalue weighted by Gasteiger charge is 2.15. The number of rotatable bonds is 4. The normalized spacial score (nSPS) is 12.2. The summed E-state index contributed by atoms with van der Waals surface area (Å²) in [6.45, 7) is 1.95. The van der Waals surface area contributed by atoms with Crippen LogP contribution in [0.25, 0.3) is 0 Å². The lowest BCUT2D eigenvalue weighted by molar-refractivity contribution is 0.386. The quantitative estimate of drug-likeness (QED) is 0.916. The molecule has 0 fully saturated rings. The van der Waals surface area contributed by atoms with E-state index in [1.54, 1.807) is 6.07 Å². The minimum Gasteiger partial charge on any atom is -0.494 e. The van der Waals surface area contributed by atoms with Crippen LogP contribution in [-0.2, 0) is 0 Å². The molecule has 0 amide bonds. The third-order valence-electron chi connectivity index (χ3n) is 3.33. The van der Waals surface area contributed by atoms with E-state index in [9.17, 15) is 4.39 Å². The first-order chi connectivity index (χ1) is 9.56. The fourth-order valence-corrected chi connectivity index (χ4v) is 2.37. The van der Waals surface area contributed by atoms with Crippen molar-refractivity contribution >= 4 is 11.6 Å². The number of hydrogen-bond donors (Lipinski definition) is 1. The average molecular weight is 294 g/mol. The van der Waals surface area contributed by atoms with Crippen LogP contribution in [0.2, 0.25) is 5.02 Å². The van der Waals surface area contributed by atoms with Gasteiger partial charge in [-0.2, -0.15) is 0 Å². The summed E-state index contributed by atoms with van der Waals surface area (Å²) in [4.78, 5) is 0. The van der Waals surface area contributed by atoms with Crippen LogP contribution in [0, 0.1) is 12.7 Å². The van der Waals surface area contributed by atoms with E-state index in [2.05, 4.69) is 5.32 Å². The maximum Gasteiger partial charge on any atom is 0.165 e. The van der Waals surface area contributed by atoms with Gasteiger partial charge in [0.15, 0.2) is 11.6 Å². The summed E-state index contributed by atoms with van der Waals surface area (Å²) in [5, 5.41) is 3.89. The summed E-state index contributed by atoms with van der Waals surface area (Å²) in [7, 11) is 3.29. The van der Waals surface area contributed by atoms with E-state index in [1.807, 2.05) is 38.2 Å². The predicted octanol–water partition coefficient (Wildman–Crippen LogP) is 4.10. The molecule has 20 heavy (non-hydrogen) atoms. The summed E-state index contributed by atoms with van der Waals surface area (Å²) < 4.78 is 18.8. The van der Waals surface area contributed by atoms with Crippen LogP contribution in [0.1, 0.15) is 22.7 Å². The summed E-state index contributed by atoms with van der Waals surface area (Å²) in [5.41, 5.74) is 2.84. The van der Waals surface area contributed by atoms with Crippen molar-refractivity contribution in [3.05, 3.63) is 63.9 Å². The zero-order valence-corrected chi connectivity index (χ0v) is 12.5. The van der Waals surface area contributed by atoms with Gasteiger partial charge >= 0.3 is 0 Å². The first-order valence-electron chi connectivity index (χ1n) is 6.33. The van der Waals surface area contributed by atoms with Gasteiger partial charge in [0, 0.05) is 5.02 Å². The van der Waals surface area contributed by atoms with Gasteiger partial charge in [-0.05, 0) is 48.9 Å². The van der Waals surface area contributed by atoms with Crippen LogP contribution < -0.4 is 10.1 Å². The Kier molecular flexibility index (Phi) is 4.63. The van der Waals surface area contributed by atoms with Crippen LogP contribution in [0.3, 0.4) is 0 Å². The second-order valence-electron chi connectivity index (χ2n) is 4.62. The SMILES string of the molecule is CNC(c1ccc(OC)c(F)c1)c1ccc(C)c(Cl)c1. The number of ether oxygens (including phenoxy) is 1. The molecule has 0 spiro atoms. The molecular formula is C16H17ClFNO. The molecule has 1 N–H and O–H groups in total. The number of aryl methyl sites for hydroxylation is 1. The highest BCUT2D eigenvalue weighted by atomic mass is 35.5. The minimum atomic E-state index is -0.372. The molecule has 2 rings (SSSR count). The van der Waals surface area contributed by atoms with Crippen molar-refractivity contribution in [1.29, 1.82) is 0 Å². The van der Waals surface area contributed by atoms with Gasteiger partial charge < -0.3 is 10.1 Å². The van der Waals surface area contributed by atoms with Crippen molar-refractivity contribution in [2.45, 2.75) is 13.0 Å². The van der Waals surface area contributed by atoms with Crippen molar-refractivity contribution in [2.24, 2.45) is 0 Å². The molecular weight excluding hydrogens is 277 g/mol. The summed E-state index contributed by atoms with van der Waals surface area (Å²) in [6.07, 6.45) is 0. The molecule has 0 aliphatic rings.